The van der Waals surface area contributed by atoms with Crippen molar-refractivity contribution in [1.82, 2.24) is 5.43 Å². The molecule has 2 aromatic carbocycles. The zero-order valence-corrected chi connectivity index (χ0v) is 12.3. The Bertz CT molecular complexity index is 624. The van der Waals surface area contributed by atoms with Crippen LogP contribution >= 0.6 is 0 Å². The number of nitrogens with zero attached hydrogens (tertiary/aromatic N) is 1. The van der Waals surface area contributed by atoms with Crippen molar-refractivity contribution < 1.29 is 8.78 Å². The van der Waals surface area contributed by atoms with Crippen LogP contribution in [-0.2, 0) is 0 Å². The van der Waals surface area contributed by atoms with Gasteiger partial charge in [-0.3, -0.25) is 5.84 Å². The van der Waals surface area contributed by atoms with Crippen molar-refractivity contribution in [1.29, 1.82) is 0 Å². The van der Waals surface area contributed by atoms with Gasteiger partial charge in [0.2, 0.25) is 0 Å². The van der Waals surface area contributed by atoms with Crippen molar-refractivity contribution in [3.05, 3.63) is 64.7 Å². The fraction of sp³-hybridized carbons (Fsp3) is 0.250. The Kier molecular flexibility index (Phi) is 4.55. The molecule has 0 heterocycles. The van der Waals surface area contributed by atoms with E-state index in [1.54, 1.807) is 12.1 Å². The van der Waals surface area contributed by atoms with E-state index in [-0.39, 0.29) is 11.1 Å². The van der Waals surface area contributed by atoms with E-state index in [1.165, 1.54) is 6.92 Å². The summed E-state index contributed by atoms with van der Waals surface area (Å²) in [7, 11) is 3.87. The number of hydrogen-bond acceptors (Lipinski definition) is 3. The van der Waals surface area contributed by atoms with Gasteiger partial charge in [0.1, 0.15) is 0 Å². The summed E-state index contributed by atoms with van der Waals surface area (Å²) in [6.45, 7) is 1.53. The van der Waals surface area contributed by atoms with Gasteiger partial charge in [0, 0.05) is 25.3 Å². The summed E-state index contributed by atoms with van der Waals surface area (Å²) in [6, 6.07) is 10.00. The number of rotatable bonds is 4. The highest BCUT2D eigenvalue weighted by Crippen LogP contribution is 2.27. The van der Waals surface area contributed by atoms with Crippen LogP contribution in [-0.4, -0.2) is 14.1 Å². The van der Waals surface area contributed by atoms with Crippen LogP contribution in [0.3, 0.4) is 0 Å². The normalized spacial score (nSPS) is 12.3. The van der Waals surface area contributed by atoms with Gasteiger partial charge >= 0.3 is 0 Å². The molecular weight excluding hydrogens is 272 g/mol. The van der Waals surface area contributed by atoms with Crippen LogP contribution in [0, 0.1) is 18.6 Å². The summed E-state index contributed by atoms with van der Waals surface area (Å²) in [4.78, 5) is 1.96. The Morgan fingerprint density at radius 1 is 1.00 bits per heavy atom. The Morgan fingerprint density at radius 2 is 1.62 bits per heavy atom. The van der Waals surface area contributed by atoms with Crippen LogP contribution in [0.2, 0.25) is 0 Å². The van der Waals surface area contributed by atoms with Crippen LogP contribution in [0.15, 0.2) is 36.4 Å². The first-order valence-electron chi connectivity index (χ1n) is 6.63. The third kappa shape index (κ3) is 3.04. The van der Waals surface area contributed by atoms with Crippen molar-refractivity contribution in [3.63, 3.8) is 0 Å². The fourth-order valence-electron chi connectivity index (χ4n) is 2.21. The zero-order chi connectivity index (χ0) is 15.6. The van der Waals surface area contributed by atoms with Gasteiger partial charge in [0.15, 0.2) is 11.6 Å². The number of hydrogen-bond donors (Lipinski definition) is 2. The van der Waals surface area contributed by atoms with Crippen molar-refractivity contribution in [2.24, 2.45) is 5.84 Å². The quantitative estimate of drug-likeness (QED) is 0.672. The van der Waals surface area contributed by atoms with Crippen molar-refractivity contribution in [3.8, 4) is 0 Å². The lowest BCUT2D eigenvalue weighted by Crippen LogP contribution is -2.29. The molecule has 5 heteroatoms. The van der Waals surface area contributed by atoms with Gasteiger partial charge in [-0.15, -0.1) is 0 Å². The number of anilines is 1. The monoisotopic (exact) mass is 291 g/mol. The van der Waals surface area contributed by atoms with Gasteiger partial charge in [-0.1, -0.05) is 24.3 Å². The second kappa shape index (κ2) is 6.20. The molecule has 112 valence electrons. The summed E-state index contributed by atoms with van der Waals surface area (Å²) in [6.07, 6.45) is 0. The molecule has 1 unspecified atom stereocenters. The second-order valence-corrected chi connectivity index (χ2v) is 5.19. The molecule has 2 aromatic rings. The Hall–Kier alpha value is -1.98. The largest absolute Gasteiger partial charge is 0.378 e. The SMILES string of the molecule is Cc1ccc(C(NN)c2ccc(N(C)C)cc2)c(F)c1F. The molecule has 0 aromatic heterocycles. The number of halogens is 2. The lowest BCUT2D eigenvalue weighted by molar-refractivity contribution is 0.478. The highest BCUT2D eigenvalue weighted by atomic mass is 19.2. The molecular formula is C16H19F2N3. The van der Waals surface area contributed by atoms with Gasteiger partial charge in [-0.25, -0.2) is 14.2 Å². The molecule has 0 amide bonds. The molecule has 0 bridgehead atoms. The van der Waals surface area contributed by atoms with Gasteiger partial charge in [-0.2, -0.15) is 0 Å². The van der Waals surface area contributed by atoms with E-state index in [9.17, 15) is 8.78 Å². The van der Waals surface area contributed by atoms with E-state index < -0.39 is 17.7 Å². The van der Waals surface area contributed by atoms with Crippen LogP contribution < -0.4 is 16.2 Å². The third-order valence-electron chi connectivity index (χ3n) is 3.53. The summed E-state index contributed by atoms with van der Waals surface area (Å²) in [5, 5.41) is 0. The van der Waals surface area contributed by atoms with Crippen LogP contribution in [0.1, 0.15) is 22.7 Å². The van der Waals surface area contributed by atoms with Crippen LogP contribution in [0.25, 0.3) is 0 Å². The Balaban J connectivity index is 2.42. The summed E-state index contributed by atoms with van der Waals surface area (Å²) >= 11 is 0. The lowest BCUT2D eigenvalue weighted by atomic mass is 9.97. The number of benzene rings is 2. The molecule has 0 aliphatic carbocycles. The molecule has 0 radical (unpaired) electrons. The number of nitrogens with two attached hydrogens (primary N) is 1. The van der Waals surface area contributed by atoms with E-state index >= 15 is 0 Å². The van der Waals surface area contributed by atoms with Gasteiger partial charge in [0.05, 0.1) is 6.04 Å². The molecule has 1 atom stereocenters. The first kappa shape index (κ1) is 15.4. The maximum atomic E-state index is 14.1. The topological polar surface area (TPSA) is 41.3 Å². The molecule has 0 spiro atoms. The molecule has 2 rings (SSSR count). The van der Waals surface area contributed by atoms with E-state index in [0.29, 0.717) is 0 Å². The number of aryl methyl sites for hydroxylation is 1. The average molecular weight is 291 g/mol. The smallest absolute Gasteiger partial charge is 0.164 e. The minimum absolute atomic E-state index is 0.193. The van der Waals surface area contributed by atoms with Crippen LogP contribution in [0.5, 0.6) is 0 Å². The van der Waals surface area contributed by atoms with E-state index in [4.69, 9.17) is 5.84 Å². The standard InChI is InChI=1S/C16H19F2N3/c1-10-4-9-13(15(18)14(10)17)16(20-19)11-5-7-12(8-6-11)21(2)3/h4-9,16,20H,19H2,1-3H3. The third-order valence-corrected chi connectivity index (χ3v) is 3.53. The maximum absolute atomic E-state index is 14.1. The number of hydrazine groups is 1. The molecule has 0 aliphatic rings. The minimum atomic E-state index is -0.866. The average Bonchev–Trinajstić information content (AvgIpc) is 2.48. The summed E-state index contributed by atoms with van der Waals surface area (Å²) in [5.74, 6) is 3.84. The van der Waals surface area contributed by atoms with E-state index in [2.05, 4.69) is 5.43 Å². The Labute approximate surface area is 123 Å². The number of nitrogens with one attached hydrogen (secondary N) is 1. The van der Waals surface area contributed by atoms with Crippen molar-refractivity contribution >= 4 is 5.69 Å². The highest BCUT2D eigenvalue weighted by Gasteiger charge is 2.20. The molecule has 3 N–H and O–H groups in total. The zero-order valence-electron chi connectivity index (χ0n) is 12.3. The van der Waals surface area contributed by atoms with Crippen molar-refractivity contribution in [2.75, 3.05) is 19.0 Å². The predicted octanol–water partition coefficient (Wildman–Crippen LogP) is 2.89. The Morgan fingerprint density at radius 3 is 2.14 bits per heavy atom. The first-order valence-corrected chi connectivity index (χ1v) is 6.63. The van der Waals surface area contributed by atoms with Crippen LogP contribution in [0.4, 0.5) is 14.5 Å². The van der Waals surface area contributed by atoms with Gasteiger partial charge in [0.25, 0.3) is 0 Å². The molecule has 0 saturated carbocycles. The van der Waals surface area contributed by atoms with Gasteiger partial charge in [-0.05, 0) is 30.2 Å². The van der Waals surface area contributed by atoms with Crippen molar-refractivity contribution in [2.45, 2.75) is 13.0 Å². The summed E-state index contributed by atoms with van der Waals surface area (Å²) < 4.78 is 27.8. The molecule has 0 fully saturated rings. The maximum Gasteiger partial charge on any atom is 0.164 e. The fourth-order valence-corrected chi connectivity index (χ4v) is 2.21. The highest BCUT2D eigenvalue weighted by molar-refractivity contribution is 5.48. The van der Waals surface area contributed by atoms with Gasteiger partial charge < -0.3 is 4.90 Å². The molecule has 0 aliphatic heterocycles. The molecule has 21 heavy (non-hydrogen) atoms. The predicted molar refractivity (Wildman–Crippen MR) is 81.0 cm³/mol. The summed E-state index contributed by atoms with van der Waals surface area (Å²) in [5.41, 5.74) is 4.80. The second-order valence-electron chi connectivity index (χ2n) is 5.19. The molecule has 0 saturated heterocycles. The lowest BCUT2D eigenvalue weighted by Gasteiger charge is -2.20. The first-order chi connectivity index (χ1) is 9.95. The minimum Gasteiger partial charge on any atom is -0.378 e. The van der Waals surface area contributed by atoms with E-state index in [0.717, 1.165) is 11.3 Å². The van der Waals surface area contributed by atoms with E-state index in [1.807, 2.05) is 43.3 Å². The molecule has 3 nitrogen and oxygen atoms in total.